The van der Waals surface area contributed by atoms with Crippen molar-refractivity contribution in [1.29, 1.82) is 0 Å². The van der Waals surface area contributed by atoms with E-state index in [9.17, 15) is 43.9 Å². The van der Waals surface area contributed by atoms with Gasteiger partial charge < -0.3 is 5.73 Å². The highest BCUT2D eigenvalue weighted by atomic mass is 32.2. The molecule has 0 saturated carbocycles. The second-order valence-electron chi connectivity index (χ2n) is 4.30. The first-order valence-corrected chi connectivity index (χ1v) is 6.50. The SMILES string of the molecule is Nc1ccc(C(F)(F)C(F)(F)C(F)(F)F)cc1SCC(F)(F)F. The molecule has 0 spiro atoms. The quantitative estimate of drug-likeness (QED) is 0.444. The molecule has 1 nitrogen and oxygen atoms in total. The van der Waals surface area contributed by atoms with Crippen molar-refractivity contribution in [2.24, 2.45) is 0 Å². The monoisotopic (exact) mass is 375 g/mol. The summed E-state index contributed by atoms with van der Waals surface area (Å²) in [5.74, 6) is -13.7. The number of nitrogens with two attached hydrogens (primary N) is 1. The van der Waals surface area contributed by atoms with Gasteiger partial charge in [0.2, 0.25) is 0 Å². The molecule has 1 rings (SSSR count). The molecule has 1 aromatic rings. The number of thioether (sulfide) groups is 1. The lowest BCUT2D eigenvalue weighted by atomic mass is 10.0. The fraction of sp³-hybridized carbons (Fsp3) is 0.455. The van der Waals surface area contributed by atoms with Crippen molar-refractivity contribution in [3.05, 3.63) is 23.8 Å². The Hall–Kier alpha value is -1.33. The van der Waals surface area contributed by atoms with E-state index in [1.807, 2.05) is 0 Å². The number of hydrogen-bond donors (Lipinski definition) is 1. The fourth-order valence-electron chi connectivity index (χ4n) is 1.37. The first kappa shape index (κ1) is 19.7. The Morgan fingerprint density at radius 2 is 1.39 bits per heavy atom. The van der Waals surface area contributed by atoms with Crippen LogP contribution in [0.4, 0.5) is 49.6 Å². The molecule has 0 unspecified atom stereocenters. The summed E-state index contributed by atoms with van der Waals surface area (Å²) in [6.07, 6.45) is -11.3. The highest BCUT2D eigenvalue weighted by Crippen LogP contribution is 2.52. The smallest absolute Gasteiger partial charge is 0.398 e. The van der Waals surface area contributed by atoms with Gasteiger partial charge in [-0.2, -0.15) is 43.9 Å². The molecule has 1 aromatic carbocycles. The van der Waals surface area contributed by atoms with Gasteiger partial charge in [0, 0.05) is 16.1 Å². The maximum absolute atomic E-state index is 13.5. The molecule has 0 saturated heterocycles. The van der Waals surface area contributed by atoms with Gasteiger partial charge in [0.1, 0.15) is 0 Å². The first-order valence-electron chi connectivity index (χ1n) is 5.51. The van der Waals surface area contributed by atoms with E-state index in [2.05, 4.69) is 0 Å². The summed E-state index contributed by atoms with van der Waals surface area (Å²) in [4.78, 5) is -0.683. The molecule has 0 aromatic heterocycles. The third-order valence-electron chi connectivity index (χ3n) is 2.52. The number of hydrogen-bond acceptors (Lipinski definition) is 2. The van der Waals surface area contributed by atoms with E-state index in [-0.39, 0.29) is 23.9 Å². The summed E-state index contributed by atoms with van der Waals surface area (Å²) >= 11 is -0.107. The summed E-state index contributed by atoms with van der Waals surface area (Å²) in [5, 5.41) is 0. The molecule has 0 amide bonds. The van der Waals surface area contributed by atoms with Crippen LogP contribution in [0.2, 0.25) is 0 Å². The van der Waals surface area contributed by atoms with Crippen LogP contribution in [0.15, 0.2) is 23.1 Å². The van der Waals surface area contributed by atoms with Gasteiger partial charge in [-0.05, 0) is 12.1 Å². The molecule has 23 heavy (non-hydrogen) atoms. The van der Waals surface area contributed by atoms with E-state index in [0.29, 0.717) is 6.07 Å². The summed E-state index contributed by atoms with van der Waals surface area (Å²) in [7, 11) is 0. The van der Waals surface area contributed by atoms with Gasteiger partial charge in [-0.15, -0.1) is 11.8 Å². The van der Waals surface area contributed by atoms with Crippen LogP contribution >= 0.6 is 11.8 Å². The van der Waals surface area contributed by atoms with E-state index in [1.54, 1.807) is 0 Å². The lowest BCUT2D eigenvalue weighted by Crippen LogP contribution is -2.50. The minimum Gasteiger partial charge on any atom is -0.398 e. The Balaban J connectivity index is 3.23. The van der Waals surface area contributed by atoms with Crippen molar-refractivity contribution < 1.29 is 43.9 Å². The third-order valence-corrected chi connectivity index (χ3v) is 3.65. The van der Waals surface area contributed by atoms with Crippen LogP contribution in [0.25, 0.3) is 0 Å². The Bertz CT molecular complexity index is 563. The molecule has 0 aliphatic heterocycles. The lowest BCUT2D eigenvalue weighted by Gasteiger charge is -2.28. The number of halogens is 10. The minimum atomic E-state index is -6.54. The maximum atomic E-state index is 13.5. The molecule has 0 heterocycles. The van der Waals surface area contributed by atoms with Crippen LogP contribution < -0.4 is 5.73 Å². The van der Waals surface area contributed by atoms with E-state index in [4.69, 9.17) is 5.73 Å². The van der Waals surface area contributed by atoms with Crippen molar-refractivity contribution in [1.82, 2.24) is 0 Å². The average molecular weight is 375 g/mol. The molecule has 0 aliphatic carbocycles. The van der Waals surface area contributed by atoms with Gasteiger partial charge in [-0.1, -0.05) is 6.07 Å². The number of benzene rings is 1. The van der Waals surface area contributed by atoms with Gasteiger partial charge in [0.25, 0.3) is 0 Å². The highest BCUT2D eigenvalue weighted by molar-refractivity contribution is 7.99. The lowest BCUT2D eigenvalue weighted by molar-refractivity contribution is -0.359. The topological polar surface area (TPSA) is 26.0 Å². The van der Waals surface area contributed by atoms with Crippen molar-refractivity contribution in [2.75, 3.05) is 11.5 Å². The summed E-state index contributed by atoms with van der Waals surface area (Å²) in [6, 6.07) is 0.826. The molecule has 0 atom stereocenters. The summed E-state index contributed by atoms with van der Waals surface area (Å²) in [6.45, 7) is 0. The van der Waals surface area contributed by atoms with Crippen molar-refractivity contribution in [3.8, 4) is 0 Å². The predicted octanol–water partition coefficient (Wildman–Crippen LogP) is 5.21. The van der Waals surface area contributed by atoms with Crippen molar-refractivity contribution in [3.63, 3.8) is 0 Å². The Morgan fingerprint density at radius 3 is 1.83 bits per heavy atom. The zero-order chi connectivity index (χ0) is 18.3. The van der Waals surface area contributed by atoms with E-state index < -0.39 is 46.1 Å². The van der Waals surface area contributed by atoms with Crippen LogP contribution in [-0.4, -0.2) is 24.0 Å². The zero-order valence-corrected chi connectivity index (χ0v) is 11.5. The van der Waals surface area contributed by atoms with Crippen LogP contribution in [0, 0.1) is 0 Å². The standard InChI is InChI=1S/C11H7F10NS/c12-8(13,14)4-23-7-3-5(1-2-6(7)22)9(15,16)10(17,18)11(19,20)21/h1-3H,4,22H2. The molecule has 132 valence electrons. The molecule has 0 aliphatic rings. The first-order chi connectivity index (χ1) is 10.1. The van der Waals surface area contributed by atoms with Gasteiger partial charge in [0.05, 0.1) is 5.75 Å². The Labute approximate surface area is 126 Å². The Kier molecular flexibility index (Phi) is 5.10. The van der Waals surface area contributed by atoms with Crippen LogP contribution in [0.1, 0.15) is 5.56 Å². The fourth-order valence-corrected chi connectivity index (χ4v) is 2.14. The molecule has 2 N–H and O–H groups in total. The van der Waals surface area contributed by atoms with Gasteiger partial charge in [-0.3, -0.25) is 0 Å². The van der Waals surface area contributed by atoms with Gasteiger partial charge in [0.15, 0.2) is 0 Å². The van der Waals surface area contributed by atoms with Gasteiger partial charge in [-0.25, -0.2) is 0 Å². The van der Waals surface area contributed by atoms with Crippen LogP contribution in [0.3, 0.4) is 0 Å². The van der Waals surface area contributed by atoms with Crippen LogP contribution in [-0.2, 0) is 5.92 Å². The summed E-state index contributed by atoms with van der Waals surface area (Å²) in [5.41, 5.74) is 2.96. The highest BCUT2D eigenvalue weighted by Gasteiger charge is 2.73. The Morgan fingerprint density at radius 1 is 0.870 bits per heavy atom. The molecular weight excluding hydrogens is 368 g/mol. The molecule has 0 fully saturated rings. The van der Waals surface area contributed by atoms with Crippen molar-refractivity contribution in [2.45, 2.75) is 29.1 Å². The van der Waals surface area contributed by atoms with Crippen molar-refractivity contribution >= 4 is 17.4 Å². The minimum absolute atomic E-state index is 0.0887. The van der Waals surface area contributed by atoms with E-state index >= 15 is 0 Å². The largest absolute Gasteiger partial charge is 0.460 e. The van der Waals surface area contributed by atoms with Crippen LogP contribution in [0.5, 0.6) is 0 Å². The third kappa shape index (κ3) is 4.15. The van der Waals surface area contributed by atoms with E-state index in [1.165, 1.54) is 0 Å². The normalized spacial score (nSPS) is 14.2. The molecule has 0 radical (unpaired) electrons. The number of anilines is 1. The maximum Gasteiger partial charge on any atom is 0.460 e. The average Bonchev–Trinajstić information content (AvgIpc) is 2.34. The van der Waals surface area contributed by atoms with Gasteiger partial charge >= 0.3 is 24.2 Å². The van der Waals surface area contributed by atoms with E-state index in [0.717, 1.165) is 0 Å². The number of rotatable bonds is 4. The second kappa shape index (κ2) is 5.95. The number of alkyl halides is 10. The second-order valence-corrected chi connectivity index (χ2v) is 5.32. The molecular formula is C11H7F10NS. The zero-order valence-electron chi connectivity index (χ0n) is 10.7. The predicted molar refractivity (Wildman–Crippen MR) is 62.5 cm³/mol. The molecule has 0 bridgehead atoms. The summed E-state index contributed by atoms with van der Waals surface area (Å²) < 4.78 is 125. The number of nitrogen functional groups attached to an aromatic ring is 1. The molecule has 12 heteroatoms.